The molecule has 78 valence electrons. The standard InChI is InChI=1S/C9H10N4O2/c1-14-6-4-3-5-7(15-2)8(6)9-10-12-13-11-9/h3-5H,1-2H3,(H,10,11,12,13). The van der Waals surface area contributed by atoms with E-state index in [-0.39, 0.29) is 0 Å². The van der Waals surface area contributed by atoms with Crippen LogP contribution >= 0.6 is 0 Å². The van der Waals surface area contributed by atoms with E-state index in [4.69, 9.17) is 9.47 Å². The van der Waals surface area contributed by atoms with Gasteiger partial charge in [0.2, 0.25) is 5.82 Å². The lowest BCUT2D eigenvalue weighted by Gasteiger charge is -2.09. The summed E-state index contributed by atoms with van der Waals surface area (Å²) >= 11 is 0. The van der Waals surface area contributed by atoms with Gasteiger partial charge in [0.25, 0.3) is 0 Å². The van der Waals surface area contributed by atoms with Gasteiger partial charge in [-0.15, -0.1) is 10.2 Å². The quantitative estimate of drug-likeness (QED) is 0.807. The molecule has 2 rings (SSSR count). The third-order valence-electron chi connectivity index (χ3n) is 2.00. The van der Waals surface area contributed by atoms with E-state index in [1.54, 1.807) is 14.2 Å². The summed E-state index contributed by atoms with van der Waals surface area (Å²) in [6.45, 7) is 0. The number of rotatable bonds is 3. The van der Waals surface area contributed by atoms with Crippen molar-refractivity contribution in [3.8, 4) is 22.9 Å². The smallest absolute Gasteiger partial charge is 0.212 e. The third kappa shape index (κ3) is 1.61. The van der Waals surface area contributed by atoms with E-state index in [1.807, 2.05) is 18.2 Å². The van der Waals surface area contributed by atoms with Crippen molar-refractivity contribution in [2.75, 3.05) is 14.2 Å². The molecule has 0 amide bonds. The number of aromatic nitrogens is 4. The van der Waals surface area contributed by atoms with Gasteiger partial charge in [0.1, 0.15) is 17.1 Å². The molecule has 2 aromatic rings. The van der Waals surface area contributed by atoms with Crippen molar-refractivity contribution in [3.05, 3.63) is 18.2 Å². The van der Waals surface area contributed by atoms with Crippen molar-refractivity contribution in [2.24, 2.45) is 0 Å². The number of hydrogen-bond donors (Lipinski definition) is 1. The number of aromatic amines is 1. The SMILES string of the molecule is COc1cccc(OC)c1-c1nn[nH]n1. The Hall–Kier alpha value is -2.11. The molecule has 1 aromatic heterocycles. The van der Waals surface area contributed by atoms with Gasteiger partial charge >= 0.3 is 0 Å². The number of tetrazole rings is 1. The molecule has 0 saturated heterocycles. The lowest BCUT2D eigenvalue weighted by atomic mass is 10.1. The topological polar surface area (TPSA) is 72.9 Å². The van der Waals surface area contributed by atoms with Crippen molar-refractivity contribution in [3.63, 3.8) is 0 Å². The highest BCUT2D eigenvalue weighted by Crippen LogP contribution is 2.35. The van der Waals surface area contributed by atoms with Crippen LogP contribution in [0.3, 0.4) is 0 Å². The lowest BCUT2D eigenvalue weighted by molar-refractivity contribution is 0.397. The molecule has 0 unspecified atom stereocenters. The molecule has 0 aliphatic heterocycles. The normalized spacial score (nSPS) is 10.0. The molecule has 15 heavy (non-hydrogen) atoms. The van der Waals surface area contributed by atoms with Crippen LogP contribution in [-0.2, 0) is 0 Å². The van der Waals surface area contributed by atoms with Crippen molar-refractivity contribution in [1.82, 2.24) is 20.6 Å². The summed E-state index contributed by atoms with van der Waals surface area (Å²) in [6, 6.07) is 5.46. The van der Waals surface area contributed by atoms with Crippen molar-refractivity contribution in [2.45, 2.75) is 0 Å². The van der Waals surface area contributed by atoms with Crippen LogP contribution in [0.5, 0.6) is 11.5 Å². The Morgan fingerprint density at radius 2 is 1.80 bits per heavy atom. The van der Waals surface area contributed by atoms with E-state index in [2.05, 4.69) is 20.6 Å². The highest BCUT2D eigenvalue weighted by molar-refractivity contribution is 5.71. The molecular formula is C9H10N4O2. The van der Waals surface area contributed by atoms with E-state index in [9.17, 15) is 0 Å². The second-order valence-electron chi connectivity index (χ2n) is 2.77. The Bertz CT molecular complexity index is 419. The molecule has 1 heterocycles. The van der Waals surface area contributed by atoms with Gasteiger partial charge < -0.3 is 9.47 Å². The summed E-state index contributed by atoms with van der Waals surface area (Å²) in [5.41, 5.74) is 0.691. The van der Waals surface area contributed by atoms with Crippen LogP contribution in [0.2, 0.25) is 0 Å². The number of ether oxygens (including phenoxy) is 2. The average Bonchev–Trinajstić information content (AvgIpc) is 2.81. The number of H-pyrrole nitrogens is 1. The van der Waals surface area contributed by atoms with Crippen molar-refractivity contribution >= 4 is 0 Å². The van der Waals surface area contributed by atoms with Crippen LogP contribution in [0.1, 0.15) is 0 Å². The fraction of sp³-hybridized carbons (Fsp3) is 0.222. The minimum absolute atomic E-state index is 0.448. The highest BCUT2D eigenvalue weighted by atomic mass is 16.5. The van der Waals surface area contributed by atoms with Gasteiger partial charge in [-0.1, -0.05) is 6.07 Å². The first-order chi connectivity index (χ1) is 7.36. The highest BCUT2D eigenvalue weighted by Gasteiger charge is 2.15. The number of benzene rings is 1. The molecule has 0 bridgehead atoms. The predicted octanol–water partition coefficient (Wildman–Crippen LogP) is 0.884. The average molecular weight is 206 g/mol. The summed E-state index contributed by atoms with van der Waals surface area (Å²) < 4.78 is 10.4. The van der Waals surface area contributed by atoms with Gasteiger partial charge in [-0.3, -0.25) is 0 Å². The Morgan fingerprint density at radius 3 is 2.27 bits per heavy atom. The molecule has 6 heteroatoms. The van der Waals surface area contributed by atoms with Gasteiger partial charge in [-0.05, 0) is 17.3 Å². The Morgan fingerprint density at radius 1 is 1.13 bits per heavy atom. The monoisotopic (exact) mass is 206 g/mol. The maximum atomic E-state index is 5.21. The Balaban J connectivity index is 2.61. The summed E-state index contributed by atoms with van der Waals surface area (Å²) in [5, 5.41) is 13.7. The first-order valence-electron chi connectivity index (χ1n) is 4.31. The molecule has 0 aliphatic rings. The fourth-order valence-electron chi connectivity index (χ4n) is 1.34. The molecule has 1 N–H and O–H groups in total. The molecule has 1 aromatic carbocycles. The zero-order valence-electron chi connectivity index (χ0n) is 8.39. The molecular weight excluding hydrogens is 196 g/mol. The number of nitrogens with one attached hydrogen (secondary N) is 1. The van der Waals surface area contributed by atoms with Gasteiger partial charge in [0, 0.05) is 0 Å². The molecule has 0 spiro atoms. The van der Waals surface area contributed by atoms with Crippen LogP contribution in [0, 0.1) is 0 Å². The van der Waals surface area contributed by atoms with Crippen LogP contribution in [0.25, 0.3) is 11.4 Å². The van der Waals surface area contributed by atoms with Gasteiger partial charge in [-0.2, -0.15) is 5.21 Å². The minimum atomic E-state index is 0.448. The summed E-state index contributed by atoms with van der Waals surface area (Å²) in [4.78, 5) is 0. The Labute approximate surface area is 86.2 Å². The lowest BCUT2D eigenvalue weighted by Crippen LogP contribution is -1.94. The molecule has 0 radical (unpaired) electrons. The van der Waals surface area contributed by atoms with E-state index in [0.717, 1.165) is 0 Å². The summed E-state index contributed by atoms with van der Waals surface area (Å²) in [7, 11) is 3.16. The first kappa shape index (κ1) is 9.45. The molecule has 0 fully saturated rings. The van der Waals surface area contributed by atoms with Crippen LogP contribution in [0.15, 0.2) is 18.2 Å². The predicted molar refractivity (Wildman–Crippen MR) is 52.7 cm³/mol. The molecule has 0 saturated carbocycles. The van der Waals surface area contributed by atoms with Crippen molar-refractivity contribution in [1.29, 1.82) is 0 Å². The van der Waals surface area contributed by atoms with E-state index < -0.39 is 0 Å². The molecule has 0 atom stereocenters. The largest absolute Gasteiger partial charge is 0.496 e. The van der Waals surface area contributed by atoms with E-state index in [0.29, 0.717) is 22.9 Å². The zero-order chi connectivity index (χ0) is 10.7. The van der Waals surface area contributed by atoms with Gasteiger partial charge in [0.15, 0.2) is 0 Å². The summed E-state index contributed by atoms with van der Waals surface area (Å²) in [6.07, 6.45) is 0. The third-order valence-corrected chi connectivity index (χ3v) is 2.00. The maximum absolute atomic E-state index is 5.21. The van der Waals surface area contributed by atoms with E-state index in [1.165, 1.54) is 0 Å². The summed E-state index contributed by atoms with van der Waals surface area (Å²) in [5.74, 6) is 1.75. The van der Waals surface area contributed by atoms with Crippen molar-refractivity contribution < 1.29 is 9.47 Å². The number of methoxy groups -OCH3 is 2. The molecule has 0 aliphatic carbocycles. The zero-order valence-corrected chi connectivity index (χ0v) is 8.39. The van der Waals surface area contributed by atoms with Crippen LogP contribution in [0.4, 0.5) is 0 Å². The first-order valence-corrected chi connectivity index (χ1v) is 4.31. The molecule has 6 nitrogen and oxygen atoms in total. The minimum Gasteiger partial charge on any atom is -0.496 e. The van der Waals surface area contributed by atoms with E-state index >= 15 is 0 Å². The maximum Gasteiger partial charge on any atom is 0.212 e. The number of nitrogens with zero attached hydrogens (tertiary/aromatic N) is 3. The second-order valence-corrected chi connectivity index (χ2v) is 2.77. The Kier molecular flexibility index (Phi) is 2.49. The van der Waals surface area contributed by atoms with Crippen LogP contribution < -0.4 is 9.47 Å². The fourth-order valence-corrected chi connectivity index (χ4v) is 1.34. The van der Waals surface area contributed by atoms with Gasteiger partial charge in [-0.25, -0.2) is 0 Å². The van der Waals surface area contributed by atoms with Crippen LogP contribution in [-0.4, -0.2) is 34.8 Å². The second kappa shape index (κ2) is 3.95. The van der Waals surface area contributed by atoms with Gasteiger partial charge in [0.05, 0.1) is 14.2 Å². The number of hydrogen-bond acceptors (Lipinski definition) is 5.